The highest BCUT2D eigenvalue weighted by Crippen LogP contribution is 2.20. The maximum atomic E-state index is 11.4. The first-order valence-electron chi connectivity index (χ1n) is 7.11. The smallest absolute Gasteiger partial charge is 0.427 e. The molecule has 0 aromatic heterocycles. The van der Waals surface area contributed by atoms with Crippen LogP contribution >= 0.6 is 11.6 Å². The standard InChI is InChI=1S/C17H17ClN2O3/c1-2-23-17(22)20-19-15(12-8-10-14(18)11-9-12)16(21)13-6-4-3-5-7-13/h3-11,16,21H,2H2,1H3,(H,20,22). The van der Waals surface area contributed by atoms with Gasteiger partial charge in [0.15, 0.2) is 0 Å². The van der Waals surface area contributed by atoms with Crippen molar-refractivity contribution in [3.63, 3.8) is 0 Å². The van der Waals surface area contributed by atoms with Crippen LogP contribution in [0.15, 0.2) is 59.7 Å². The van der Waals surface area contributed by atoms with Gasteiger partial charge in [0.2, 0.25) is 0 Å². The van der Waals surface area contributed by atoms with Gasteiger partial charge in [-0.3, -0.25) is 0 Å². The summed E-state index contributed by atoms with van der Waals surface area (Å²) in [6, 6.07) is 15.9. The van der Waals surface area contributed by atoms with Gasteiger partial charge >= 0.3 is 6.09 Å². The number of nitrogens with one attached hydrogen (secondary N) is 1. The summed E-state index contributed by atoms with van der Waals surface area (Å²) in [6.07, 6.45) is -1.68. The third kappa shape index (κ3) is 4.81. The maximum Gasteiger partial charge on any atom is 0.427 e. The van der Waals surface area contributed by atoms with Crippen LogP contribution in [-0.2, 0) is 4.74 Å². The Morgan fingerprint density at radius 1 is 1.22 bits per heavy atom. The highest BCUT2D eigenvalue weighted by atomic mass is 35.5. The molecule has 0 aliphatic carbocycles. The minimum Gasteiger partial charge on any atom is -0.449 e. The van der Waals surface area contributed by atoms with E-state index >= 15 is 0 Å². The van der Waals surface area contributed by atoms with Crippen molar-refractivity contribution in [3.8, 4) is 0 Å². The maximum absolute atomic E-state index is 11.4. The Kier molecular flexibility index (Phi) is 6.14. The second kappa shape index (κ2) is 8.31. The second-order valence-corrected chi connectivity index (χ2v) is 5.09. The van der Waals surface area contributed by atoms with Crippen LogP contribution in [0.4, 0.5) is 4.79 Å². The van der Waals surface area contributed by atoms with Crippen LogP contribution in [0.5, 0.6) is 0 Å². The molecule has 0 bridgehead atoms. The van der Waals surface area contributed by atoms with Crippen molar-refractivity contribution in [1.82, 2.24) is 5.43 Å². The lowest BCUT2D eigenvalue weighted by molar-refractivity contribution is 0.152. The molecule has 0 saturated heterocycles. The van der Waals surface area contributed by atoms with Gasteiger partial charge in [-0.1, -0.05) is 54.1 Å². The predicted molar refractivity (Wildman–Crippen MR) is 89.5 cm³/mol. The summed E-state index contributed by atoms with van der Waals surface area (Å²) < 4.78 is 4.77. The second-order valence-electron chi connectivity index (χ2n) is 4.65. The van der Waals surface area contributed by atoms with Crippen LogP contribution in [0, 0.1) is 0 Å². The lowest BCUT2D eigenvalue weighted by atomic mass is 9.99. The summed E-state index contributed by atoms with van der Waals surface area (Å²) in [4.78, 5) is 11.4. The first-order valence-corrected chi connectivity index (χ1v) is 7.49. The summed E-state index contributed by atoms with van der Waals surface area (Å²) in [5, 5.41) is 15.2. The molecule has 2 N–H and O–H groups in total. The molecule has 23 heavy (non-hydrogen) atoms. The zero-order valence-electron chi connectivity index (χ0n) is 12.6. The molecule has 6 heteroatoms. The van der Waals surface area contributed by atoms with Gasteiger partial charge in [-0.15, -0.1) is 0 Å². The van der Waals surface area contributed by atoms with Crippen LogP contribution < -0.4 is 5.43 Å². The number of benzene rings is 2. The van der Waals surface area contributed by atoms with Crippen molar-refractivity contribution < 1.29 is 14.6 Å². The topological polar surface area (TPSA) is 70.9 Å². The number of halogens is 1. The van der Waals surface area contributed by atoms with Gasteiger partial charge < -0.3 is 9.84 Å². The van der Waals surface area contributed by atoms with Crippen LogP contribution in [0.2, 0.25) is 5.02 Å². The van der Waals surface area contributed by atoms with Gasteiger partial charge in [-0.2, -0.15) is 5.10 Å². The van der Waals surface area contributed by atoms with E-state index in [-0.39, 0.29) is 6.61 Å². The molecule has 1 unspecified atom stereocenters. The summed E-state index contributed by atoms with van der Waals surface area (Å²) in [5.74, 6) is 0. The van der Waals surface area contributed by atoms with Crippen LogP contribution in [-0.4, -0.2) is 23.5 Å². The number of rotatable bonds is 5. The molecule has 120 valence electrons. The lowest BCUT2D eigenvalue weighted by Gasteiger charge is -2.15. The van der Waals surface area contributed by atoms with Crippen molar-refractivity contribution in [2.24, 2.45) is 5.10 Å². The SMILES string of the molecule is CCOC(=O)NN=C(c1ccc(Cl)cc1)C(O)c1ccccc1. The molecule has 2 rings (SSSR count). The van der Waals surface area contributed by atoms with E-state index < -0.39 is 12.2 Å². The van der Waals surface area contributed by atoms with Crippen molar-refractivity contribution in [2.45, 2.75) is 13.0 Å². The van der Waals surface area contributed by atoms with Gasteiger partial charge in [0.25, 0.3) is 0 Å². The van der Waals surface area contributed by atoms with Crippen molar-refractivity contribution in [3.05, 3.63) is 70.7 Å². The van der Waals surface area contributed by atoms with E-state index in [1.54, 1.807) is 43.3 Å². The van der Waals surface area contributed by atoms with Crippen molar-refractivity contribution in [1.29, 1.82) is 0 Å². The zero-order chi connectivity index (χ0) is 16.7. The normalized spacial score (nSPS) is 12.6. The summed E-state index contributed by atoms with van der Waals surface area (Å²) in [6.45, 7) is 1.93. The summed E-state index contributed by atoms with van der Waals surface area (Å²) in [7, 11) is 0. The number of carbonyl (C=O) groups is 1. The third-order valence-corrected chi connectivity index (χ3v) is 3.31. The molecule has 5 nitrogen and oxygen atoms in total. The van der Waals surface area contributed by atoms with E-state index in [9.17, 15) is 9.90 Å². The summed E-state index contributed by atoms with van der Waals surface area (Å²) in [5.41, 5.74) is 3.87. The van der Waals surface area contributed by atoms with E-state index in [0.717, 1.165) is 0 Å². The number of nitrogens with zero attached hydrogens (tertiary/aromatic N) is 1. The van der Waals surface area contributed by atoms with E-state index in [1.807, 2.05) is 18.2 Å². The molecule has 0 fully saturated rings. The predicted octanol–water partition coefficient (Wildman–Crippen LogP) is 3.52. The molecular weight excluding hydrogens is 316 g/mol. The Labute approximate surface area is 139 Å². The fourth-order valence-electron chi connectivity index (χ4n) is 1.97. The number of aliphatic hydroxyl groups is 1. The number of hydrogen-bond donors (Lipinski definition) is 2. The first kappa shape index (κ1) is 17.0. The van der Waals surface area contributed by atoms with Gasteiger partial charge in [0.05, 0.1) is 6.61 Å². The molecule has 0 aliphatic rings. The van der Waals surface area contributed by atoms with Crippen LogP contribution in [0.25, 0.3) is 0 Å². The molecule has 1 amide bonds. The Morgan fingerprint density at radius 3 is 2.48 bits per heavy atom. The molecular formula is C17H17ClN2O3. The van der Waals surface area contributed by atoms with Gasteiger partial charge in [-0.25, -0.2) is 10.2 Å². The highest BCUT2D eigenvalue weighted by Gasteiger charge is 2.18. The van der Waals surface area contributed by atoms with Gasteiger partial charge in [-0.05, 0) is 24.6 Å². The largest absolute Gasteiger partial charge is 0.449 e. The Bertz CT molecular complexity index is 672. The average molecular weight is 333 g/mol. The number of carbonyl (C=O) groups excluding carboxylic acids is 1. The fraction of sp³-hybridized carbons (Fsp3) is 0.176. The fourth-order valence-corrected chi connectivity index (χ4v) is 2.09. The van der Waals surface area contributed by atoms with E-state index in [1.165, 1.54) is 0 Å². The summed E-state index contributed by atoms with van der Waals surface area (Å²) >= 11 is 5.89. The average Bonchev–Trinajstić information content (AvgIpc) is 2.57. The van der Waals surface area contributed by atoms with Gasteiger partial charge in [0.1, 0.15) is 11.8 Å². The highest BCUT2D eigenvalue weighted by molar-refractivity contribution is 6.30. The number of aliphatic hydroxyl groups excluding tert-OH is 1. The lowest BCUT2D eigenvalue weighted by Crippen LogP contribution is -2.24. The molecule has 1 atom stereocenters. The molecule has 0 radical (unpaired) electrons. The Hall–Kier alpha value is -2.37. The zero-order valence-corrected chi connectivity index (χ0v) is 13.3. The van der Waals surface area contributed by atoms with Crippen LogP contribution in [0.3, 0.4) is 0 Å². The molecule has 0 aliphatic heterocycles. The monoisotopic (exact) mass is 332 g/mol. The van der Waals surface area contributed by atoms with Crippen molar-refractivity contribution >= 4 is 23.4 Å². The van der Waals surface area contributed by atoms with E-state index in [4.69, 9.17) is 16.3 Å². The molecule has 2 aromatic rings. The van der Waals surface area contributed by atoms with Crippen molar-refractivity contribution in [2.75, 3.05) is 6.61 Å². The minimum atomic E-state index is -1.00. The Morgan fingerprint density at radius 2 is 1.87 bits per heavy atom. The molecule has 0 saturated carbocycles. The number of hydrazone groups is 1. The molecule has 0 heterocycles. The third-order valence-electron chi connectivity index (χ3n) is 3.06. The minimum absolute atomic E-state index is 0.235. The number of amides is 1. The quantitative estimate of drug-likeness (QED) is 0.650. The van der Waals surface area contributed by atoms with Crippen LogP contribution in [0.1, 0.15) is 24.2 Å². The number of hydrogen-bond acceptors (Lipinski definition) is 4. The molecule has 2 aromatic carbocycles. The van der Waals surface area contributed by atoms with E-state index in [0.29, 0.717) is 21.9 Å². The van der Waals surface area contributed by atoms with E-state index in [2.05, 4.69) is 10.5 Å². The molecule has 0 spiro atoms. The number of ether oxygens (including phenoxy) is 1. The van der Waals surface area contributed by atoms with Gasteiger partial charge in [0, 0.05) is 10.6 Å². The first-order chi connectivity index (χ1) is 11.1. The Balaban J connectivity index is 2.32.